The third-order valence-corrected chi connectivity index (χ3v) is 3.89. The second-order valence-corrected chi connectivity index (χ2v) is 5.88. The predicted octanol–water partition coefficient (Wildman–Crippen LogP) is 4.35. The van der Waals surface area contributed by atoms with Gasteiger partial charge in [-0.05, 0) is 23.4 Å². The van der Waals surface area contributed by atoms with Gasteiger partial charge < -0.3 is 5.32 Å². The lowest BCUT2D eigenvalue weighted by molar-refractivity contribution is 0.986. The van der Waals surface area contributed by atoms with E-state index in [9.17, 15) is 0 Å². The van der Waals surface area contributed by atoms with Gasteiger partial charge in [0.15, 0.2) is 5.16 Å². The Morgan fingerprint density at radius 2 is 1.71 bits per heavy atom. The van der Waals surface area contributed by atoms with Gasteiger partial charge in [0.05, 0.1) is 5.52 Å². The summed E-state index contributed by atoms with van der Waals surface area (Å²) in [6.07, 6.45) is 0. The predicted molar refractivity (Wildman–Crippen MR) is 89.7 cm³/mol. The third kappa shape index (κ3) is 3.34. The van der Waals surface area contributed by atoms with Crippen molar-refractivity contribution in [3.05, 3.63) is 60.2 Å². The Morgan fingerprint density at radius 1 is 0.952 bits per heavy atom. The number of aromatic nitrogens is 2. The highest BCUT2D eigenvalue weighted by Crippen LogP contribution is 2.24. The van der Waals surface area contributed by atoms with Gasteiger partial charge in [-0.2, -0.15) is 0 Å². The van der Waals surface area contributed by atoms with Crippen LogP contribution in [0.3, 0.4) is 0 Å². The van der Waals surface area contributed by atoms with Crippen molar-refractivity contribution in [1.82, 2.24) is 9.97 Å². The molecule has 1 heterocycles. The summed E-state index contributed by atoms with van der Waals surface area (Å²) in [5, 5.41) is 5.33. The quantitative estimate of drug-likeness (QED) is 0.561. The van der Waals surface area contributed by atoms with Crippen molar-refractivity contribution >= 4 is 28.5 Å². The minimum absolute atomic E-state index is 0.762. The number of fused-ring (bicyclic) bond motifs is 1. The second-order valence-electron chi connectivity index (χ2n) is 4.64. The molecule has 0 atom stereocenters. The summed E-state index contributed by atoms with van der Waals surface area (Å²) in [5.41, 5.74) is 2.23. The lowest BCUT2D eigenvalue weighted by Gasteiger charge is -2.10. The van der Waals surface area contributed by atoms with Gasteiger partial charge in [0.1, 0.15) is 5.82 Å². The zero-order valence-electron chi connectivity index (χ0n) is 11.9. The Hall–Kier alpha value is -2.07. The molecule has 0 radical (unpaired) electrons. The number of rotatable bonds is 5. The van der Waals surface area contributed by atoms with Crippen LogP contribution in [-0.2, 0) is 6.54 Å². The summed E-state index contributed by atoms with van der Waals surface area (Å²) >= 11 is 1.66. The molecule has 3 nitrogen and oxygen atoms in total. The topological polar surface area (TPSA) is 37.8 Å². The maximum Gasteiger partial charge on any atom is 0.190 e. The van der Waals surface area contributed by atoms with Crippen molar-refractivity contribution in [3.8, 4) is 0 Å². The largest absolute Gasteiger partial charge is 0.365 e. The van der Waals surface area contributed by atoms with Crippen LogP contribution in [-0.4, -0.2) is 15.7 Å². The van der Waals surface area contributed by atoms with E-state index in [2.05, 4.69) is 40.4 Å². The minimum atomic E-state index is 0.762. The Morgan fingerprint density at radius 3 is 2.52 bits per heavy atom. The van der Waals surface area contributed by atoms with Crippen molar-refractivity contribution in [3.63, 3.8) is 0 Å². The van der Waals surface area contributed by atoms with E-state index < -0.39 is 0 Å². The molecule has 0 bridgehead atoms. The highest BCUT2D eigenvalue weighted by Gasteiger charge is 2.07. The van der Waals surface area contributed by atoms with E-state index in [1.54, 1.807) is 11.8 Å². The van der Waals surface area contributed by atoms with Gasteiger partial charge in [0.2, 0.25) is 0 Å². The first-order valence-corrected chi connectivity index (χ1v) is 8.03. The van der Waals surface area contributed by atoms with Gasteiger partial charge in [0.25, 0.3) is 0 Å². The summed E-state index contributed by atoms with van der Waals surface area (Å²) in [7, 11) is 0. The minimum Gasteiger partial charge on any atom is -0.365 e. The van der Waals surface area contributed by atoms with Crippen LogP contribution >= 0.6 is 11.8 Å². The van der Waals surface area contributed by atoms with E-state index >= 15 is 0 Å². The highest BCUT2D eigenvalue weighted by atomic mass is 32.2. The van der Waals surface area contributed by atoms with E-state index in [-0.39, 0.29) is 0 Å². The maximum atomic E-state index is 4.65. The molecule has 1 aromatic heterocycles. The summed E-state index contributed by atoms with van der Waals surface area (Å²) in [6, 6.07) is 18.5. The number of para-hydroxylation sites is 1. The Kier molecular flexibility index (Phi) is 4.36. The fourth-order valence-electron chi connectivity index (χ4n) is 2.17. The van der Waals surface area contributed by atoms with Crippen molar-refractivity contribution in [2.75, 3.05) is 11.1 Å². The van der Waals surface area contributed by atoms with Gasteiger partial charge >= 0.3 is 0 Å². The molecule has 0 saturated heterocycles. The molecule has 4 heteroatoms. The number of nitrogens with zero attached hydrogens (tertiary/aromatic N) is 2. The molecule has 0 spiro atoms. The third-order valence-electron chi connectivity index (χ3n) is 3.16. The molecule has 0 amide bonds. The molecule has 0 aliphatic heterocycles. The molecule has 3 aromatic rings. The van der Waals surface area contributed by atoms with Gasteiger partial charge in [-0.3, -0.25) is 0 Å². The normalized spacial score (nSPS) is 10.7. The van der Waals surface area contributed by atoms with Crippen molar-refractivity contribution < 1.29 is 0 Å². The van der Waals surface area contributed by atoms with Gasteiger partial charge in [-0.1, -0.05) is 61.2 Å². The molecule has 106 valence electrons. The van der Waals surface area contributed by atoms with Crippen molar-refractivity contribution in [1.29, 1.82) is 0 Å². The molecule has 1 N–H and O–H groups in total. The van der Waals surface area contributed by atoms with Crippen LogP contribution in [0.5, 0.6) is 0 Å². The van der Waals surface area contributed by atoms with Crippen LogP contribution in [0.2, 0.25) is 0 Å². The van der Waals surface area contributed by atoms with E-state index in [0.29, 0.717) is 0 Å². The summed E-state index contributed by atoms with van der Waals surface area (Å²) in [6.45, 7) is 2.87. The smallest absolute Gasteiger partial charge is 0.190 e. The number of hydrogen-bond acceptors (Lipinski definition) is 4. The second kappa shape index (κ2) is 6.59. The number of nitrogens with one attached hydrogen (secondary N) is 1. The molecule has 3 rings (SSSR count). The van der Waals surface area contributed by atoms with E-state index in [1.165, 1.54) is 5.56 Å². The maximum absolute atomic E-state index is 4.65. The van der Waals surface area contributed by atoms with E-state index in [1.807, 2.05) is 36.4 Å². The van der Waals surface area contributed by atoms with Crippen LogP contribution in [0.25, 0.3) is 10.9 Å². The van der Waals surface area contributed by atoms with Crippen LogP contribution in [0, 0.1) is 0 Å². The molecule has 0 aliphatic rings. The first-order chi connectivity index (χ1) is 10.4. The fraction of sp³-hybridized carbons (Fsp3) is 0.176. The molecule has 0 saturated carbocycles. The summed E-state index contributed by atoms with van der Waals surface area (Å²) in [4.78, 5) is 9.24. The van der Waals surface area contributed by atoms with Gasteiger partial charge in [-0.25, -0.2) is 9.97 Å². The number of anilines is 1. The molecule has 0 unspecified atom stereocenters. The molecule has 0 fully saturated rings. The Bertz CT molecular complexity index is 728. The molecular weight excluding hydrogens is 278 g/mol. The zero-order chi connectivity index (χ0) is 14.5. The average molecular weight is 295 g/mol. The van der Waals surface area contributed by atoms with Crippen molar-refractivity contribution in [2.24, 2.45) is 0 Å². The van der Waals surface area contributed by atoms with Crippen LogP contribution < -0.4 is 5.32 Å². The highest BCUT2D eigenvalue weighted by molar-refractivity contribution is 7.99. The first kappa shape index (κ1) is 13.9. The number of hydrogen-bond donors (Lipinski definition) is 1. The summed E-state index contributed by atoms with van der Waals surface area (Å²) < 4.78 is 0. The van der Waals surface area contributed by atoms with Crippen LogP contribution in [0.1, 0.15) is 12.5 Å². The average Bonchev–Trinajstić information content (AvgIpc) is 2.54. The lowest BCUT2D eigenvalue weighted by Crippen LogP contribution is -2.03. The Balaban J connectivity index is 1.92. The monoisotopic (exact) mass is 295 g/mol. The summed E-state index contributed by atoms with van der Waals surface area (Å²) in [5.74, 6) is 1.87. The molecule has 0 aliphatic carbocycles. The van der Waals surface area contributed by atoms with Gasteiger partial charge in [-0.15, -0.1) is 0 Å². The van der Waals surface area contributed by atoms with Crippen LogP contribution in [0.4, 0.5) is 5.82 Å². The first-order valence-electron chi connectivity index (χ1n) is 7.04. The van der Waals surface area contributed by atoms with Crippen molar-refractivity contribution in [2.45, 2.75) is 18.6 Å². The zero-order valence-corrected chi connectivity index (χ0v) is 12.7. The van der Waals surface area contributed by atoms with E-state index in [0.717, 1.165) is 34.2 Å². The Labute approximate surface area is 128 Å². The molecular formula is C17H17N3S. The fourth-order valence-corrected chi connectivity index (χ4v) is 2.74. The number of thioether (sulfide) groups is 1. The van der Waals surface area contributed by atoms with Gasteiger partial charge in [0, 0.05) is 11.9 Å². The van der Waals surface area contributed by atoms with E-state index in [4.69, 9.17) is 0 Å². The lowest BCUT2D eigenvalue weighted by atomic mass is 10.2. The molecule has 21 heavy (non-hydrogen) atoms. The number of benzene rings is 2. The SMILES string of the molecule is CCSc1nc(NCc2ccccc2)c2ccccc2n1. The molecule has 2 aromatic carbocycles. The van der Waals surface area contributed by atoms with Crippen LogP contribution in [0.15, 0.2) is 59.8 Å². The standard InChI is InChI=1S/C17H17N3S/c1-2-21-17-19-15-11-7-6-10-14(15)16(20-17)18-12-13-8-4-3-5-9-13/h3-11H,2,12H2,1H3,(H,18,19,20).